The number of piperidine rings is 2. The molecule has 1 saturated carbocycles. The fraction of sp³-hybridized carbons (Fsp3) is 0.704. The second-order valence-electron chi connectivity index (χ2n) is 12.2. The Hall–Kier alpha value is -2.55. The van der Waals surface area contributed by atoms with E-state index in [0.717, 1.165) is 30.9 Å². The van der Waals surface area contributed by atoms with Gasteiger partial charge in [0, 0.05) is 31.7 Å². The number of ether oxygens (including phenoxy) is 2. The summed E-state index contributed by atoms with van der Waals surface area (Å²) in [5, 5.41) is 9.73. The Labute approximate surface area is 229 Å². The first-order valence-corrected chi connectivity index (χ1v) is 13.8. The summed E-state index contributed by atoms with van der Waals surface area (Å²) < 4.78 is 21.4. The highest BCUT2D eigenvalue weighted by atomic mass is 32.2. The van der Waals surface area contributed by atoms with E-state index in [1.165, 1.54) is 0 Å². The molecule has 5 rings (SSSR count). The van der Waals surface area contributed by atoms with Crippen LogP contribution in [0.15, 0.2) is 24.4 Å². The van der Waals surface area contributed by atoms with Gasteiger partial charge in [0.05, 0.1) is 18.3 Å². The predicted molar refractivity (Wildman–Crippen MR) is 141 cm³/mol. The Bertz CT molecular complexity index is 1050. The van der Waals surface area contributed by atoms with Crippen LogP contribution in [0.4, 0.5) is 9.59 Å². The Morgan fingerprint density at radius 2 is 1.58 bits per heavy atom. The van der Waals surface area contributed by atoms with Gasteiger partial charge in [0.25, 0.3) is 0 Å². The van der Waals surface area contributed by atoms with Gasteiger partial charge < -0.3 is 19.3 Å². The molecule has 10 nitrogen and oxygen atoms in total. The van der Waals surface area contributed by atoms with E-state index >= 15 is 0 Å². The zero-order valence-electron chi connectivity index (χ0n) is 23.0. The van der Waals surface area contributed by atoms with E-state index in [9.17, 15) is 14.9 Å². The molecule has 0 N–H and O–H groups in total. The van der Waals surface area contributed by atoms with Crippen molar-refractivity contribution < 1.29 is 27.4 Å². The van der Waals surface area contributed by atoms with E-state index in [1.807, 2.05) is 59.7 Å². The number of hydrogen-bond acceptors (Lipinski definition) is 9. The summed E-state index contributed by atoms with van der Waals surface area (Å²) in [6.07, 6.45) is 2.89. The number of amides is 2. The minimum absolute atomic E-state index is 0.0220. The number of rotatable bonds is 1. The summed E-state index contributed by atoms with van der Waals surface area (Å²) in [4.78, 5) is 31.8. The van der Waals surface area contributed by atoms with Gasteiger partial charge in [0.2, 0.25) is 0 Å². The van der Waals surface area contributed by atoms with Crippen LogP contribution in [0, 0.1) is 23.2 Å². The van der Waals surface area contributed by atoms with Gasteiger partial charge in [-0.05, 0) is 72.4 Å². The van der Waals surface area contributed by atoms with Crippen molar-refractivity contribution in [2.45, 2.75) is 83.2 Å². The second kappa shape index (κ2) is 10.9. The number of likely N-dealkylation sites (tertiary alicyclic amines) is 2. The number of carbonyl (C=O) groups is 2. The van der Waals surface area contributed by atoms with Gasteiger partial charge in [0.15, 0.2) is 12.3 Å². The molecule has 5 atom stereocenters. The smallest absolute Gasteiger partial charge is 0.410 e. The van der Waals surface area contributed by atoms with E-state index < -0.39 is 16.6 Å². The predicted octanol–water partition coefficient (Wildman–Crippen LogP) is 4.70. The topological polar surface area (TPSA) is 114 Å². The lowest BCUT2D eigenvalue weighted by molar-refractivity contribution is -0.000758. The normalized spacial score (nSPS) is 30.1. The van der Waals surface area contributed by atoms with Crippen LogP contribution in [0.25, 0.3) is 0 Å². The molecule has 1 aliphatic carbocycles. The molecule has 2 amide bonds. The number of nitrogens with zero attached hydrogens (tertiary/aromatic N) is 4. The summed E-state index contributed by atoms with van der Waals surface area (Å²) in [6.45, 7) is 13.6. The Kier molecular flexibility index (Phi) is 8.17. The summed E-state index contributed by atoms with van der Waals surface area (Å²) in [5.41, 5.74) is -0.642. The molecule has 0 radical (unpaired) electrons. The van der Waals surface area contributed by atoms with Crippen LogP contribution in [-0.2, 0) is 23.3 Å². The third-order valence-corrected chi connectivity index (χ3v) is 7.73. The van der Waals surface area contributed by atoms with Crippen molar-refractivity contribution in [1.82, 2.24) is 14.8 Å². The van der Waals surface area contributed by atoms with Gasteiger partial charge in [-0.3, -0.25) is 13.4 Å². The highest BCUT2D eigenvalue weighted by Crippen LogP contribution is 2.62. The third kappa shape index (κ3) is 6.35. The number of fused-ring (bicyclic) bond motifs is 2. The lowest BCUT2D eigenvalue weighted by Crippen LogP contribution is -2.49. The number of pyridine rings is 1. The van der Waals surface area contributed by atoms with Crippen LogP contribution < -0.4 is 0 Å². The Morgan fingerprint density at radius 1 is 0.974 bits per heavy atom. The molecule has 4 fully saturated rings. The number of aromatic nitrogens is 1. The summed E-state index contributed by atoms with van der Waals surface area (Å²) in [5.74, 6) is 0.458. The van der Waals surface area contributed by atoms with Gasteiger partial charge in [-0.2, -0.15) is 5.26 Å². The zero-order valence-corrected chi connectivity index (χ0v) is 23.8. The largest absolute Gasteiger partial charge is 0.444 e. The maximum absolute atomic E-state index is 12.2. The highest BCUT2D eigenvalue weighted by Gasteiger charge is 2.69. The molecule has 11 heteroatoms. The molecule has 3 saturated heterocycles. The van der Waals surface area contributed by atoms with Gasteiger partial charge in [0.1, 0.15) is 28.8 Å². The van der Waals surface area contributed by atoms with Crippen LogP contribution in [0.5, 0.6) is 0 Å². The van der Waals surface area contributed by atoms with Crippen molar-refractivity contribution in [3.05, 3.63) is 30.1 Å². The van der Waals surface area contributed by atoms with E-state index in [4.69, 9.17) is 17.8 Å². The molecule has 4 aliphatic rings. The van der Waals surface area contributed by atoms with Crippen molar-refractivity contribution in [2.75, 3.05) is 26.2 Å². The van der Waals surface area contributed by atoms with Crippen molar-refractivity contribution in [3.8, 4) is 6.07 Å². The SMILES string of the molecule is CC(C)(C)OC(=O)N1CCC2C(C1)C2(C#N)c1ccccn1.CC(C)(C)OC(=O)N1CCC2OSOC2C1. The first-order chi connectivity index (χ1) is 17.8. The van der Waals surface area contributed by atoms with E-state index in [0.29, 0.717) is 32.1 Å². The van der Waals surface area contributed by atoms with Gasteiger partial charge in [-0.25, -0.2) is 9.59 Å². The van der Waals surface area contributed by atoms with Crippen molar-refractivity contribution in [3.63, 3.8) is 0 Å². The van der Waals surface area contributed by atoms with Crippen molar-refractivity contribution in [2.24, 2.45) is 11.8 Å². The van der Waals surface area contributed by atoms with Gasteiger partial charge >= 0.3 is 12.2 Å². The van der Waals surface area contributed by atoms with Crippen LogP contribution >= 0.6 is 12.3 Å². The molecule has 1 aromatic heterocycles. The molecule has 208 valence electrons. The Balaban J connectivity index is 0.000000186. The minimum atomic E-state index is -0.530. The molecule has 1 aromatic rings. The molecule has 4 heterocycles. The lowest BCUT2D eigenvalue weighted by Gasteiger charge is -2.33. The van der Waals surface area contributed by atoms with E-state index in [2.05, 4.69) is 11.1 Å². The Morgan fingerprint density at radius 3 is 2.16 bits per heavy atom. The second-order valence-corrected chi connectivity index (χ2v) is 12.7. The average Bonchev–Trinajstić information content (AvgIpc) is 3.26. The quantitative estimate of drug-likeness (QED) is 0.462. The van der Waals surface area contributed by atoms with Crippen molar-refractivity contribution >= 4 is 24.5 Å². The summed E-state index contributed by atoms with van der Waals surface area (Å²) >= 11 is 1.03. The maximum atomic E-state index is 12.2. The lowest BCUT2D eigenvalue weighted by atomic mass is 9.98. The van der Waals surface area contributed by atoms with Crippen LogP contribution in [-0.4, -0.2) is 76.6 Å². The van der Waals surface area contributed by atoms with Crippen LogP contribution in [0.3, 0.4) is 0 Å². The first-order valence-electron chi connectivity index (χ1n) is 13.1. The highest BCUT2D eigenvalue weighted by molar-refractivity contribution is 7.90. The molecule has 38 heavy (non-hydrogen) atoms. The molecule has 3 aliphatic heterocycles. The monoisotopic (exact) mass is 546 g/mol. The zero-order chi connectivity index (χ0) is 27.7. The first kappa shape index (κ1) is 28.5. The third-order valence-electron chi connectivity index (χ3n) is 7.07. The summed E-state index contributed by atoms with van der Waals surface area (Å²) in [6, 6.07) is 8.16. The van der Waals surface area contributed by atoms with Crippen molar-refractivity contribution in [1.29, 1.82) is 5.26 Å². The fourth-order valence-electron chi connectivity index (χ4n) is 5.28. The summed E-state index contributed by atoms with van der Waals surface area (Å²) in [7, 11) is 0. The molecule has 5 unspecified atom stereocenters. The van der Waals surface area contributed by atoms with Crippen LogP contribution in [0.2, 0.25) is 0 Å². The number of hydrogen-bond donors (Lipinski definition) is 0. The standard InChI is InChI=1S/C17H21N3O2.C10H17NO4S/c1-16(2,3)22-15(21)20-9-7-12-13(10-20)17(12,11-18)14-6-4-5-8-19-14;1-10(2,3)13-9(12)11-5-4-7-8(6-11)15-16-14-7/h4-6,8,12-13H,7,9-10H2,1-3H3;7-8H,4-6H2,1-3H3. The fourth-order valence-corrected chi connectivity index (χ4v) is 5.93. The molecular weight excluding hydrogens is 508 g/mol. The molecule has 0 bridgehead atoms. The van der Waals surface area contributed by atoms with E-state index in [1.54, 1.807) is 16.0 Å². The molecule has 0 spiro atoms. The number of carbonyl (C=O) groups excluding carboxylic acids is 2. The van der Waals surface area contributed by atoms with Gasteiger partial charge in [-0.1, -0.05) is 6.07 Å². The number of nitriles is 1. The average molecular weight is 547 g/mol. The maximum Gasteiger partial charge on any atom is 0.410 e. The minimum Gasteiger partial charge on any atom is -0.444 e. The van der Waals surface area contributed by atoms with Gasteiger partial charge in [-0.15, -0.1) is 0 Å². The molecular formula is C27H38N4O6S. The molecule has 0 aromatic carbocycles. The van der Waals surface area contributed by atoms with E-state index in [-0.39, 0.29) is 30.3 Å². The van der Waals surface area contributed by atoms with Crippen LogP contribution in [0.1, 0.15) is 60.1 Å².